The molecular weight excluding hydrogens is 300 g/mol. The van der Waals surface area contributed by atoms with Gasteiger partial charge < -0.3 is 10.4 Å². The van der Waals surface area contributed by atoms with Crippen LogP contribution in [0.3, 0.4) is 0 Å². The Hall–Kier alpha value is -1.84. The predicted molar refractivity (Wildman–Crippen MR) is 68.6 cm³/mol. The number of carbonyl (C=O) groups excluding carboxylic acids is 2. The van der Waals surface area contributed by atoms with E-state index in [0.717, 1.165) is 23.0 Å². The van der Waals surface area contributed by atoms with E-state index in [4.69, 9.17) is 22.1 Å². The highest BCUT2D eigenvalue weighted by atomic mass is 16.8. The number of hydrogen-bond acceptors (Lipinski definition) is 8. The zero-order valence-electron chi connectivity index (χ0n) is 11.4. The fourth-order valence-electron chi connectivity index (χ4n) is 1.85. The number of quaternary nitrogens is 4. The van der Waals surface area contributed by atoms with Gasteiger partial charge in [-0.1, -0.05) is 0 Å². The highest BCUT2D eigenvalue weighted by Gasteiger charge is 2.27. The van der Waals surface area contributed by atoms with Crippen molar-refractivity contribution in [2.75, 3.05) is 13.1 Å². The first-order valence-electron chi connectivity index (χ1n) is 6.11. The molecule has 1 rings (SSSR count). The van der Waals surface area contributed by atoms with Crippen LogP contribution in [0.2, 0.25) is 0 Å². The van der Waals surface area contributed by atoms with E-state index < -0.39 is 33.4 Å². The third-order valence-electron chi connectivity index (χ3n) is 2.83. The van der Waals surface area contributed by atoms with Crippen molar-refractivity contribution >= 4 is 22.9 Å². The lowest BCUT2D eigenvalue weighted by atomic mass is 10.00. The van der Waals surface area contributed by atoms with Crippen molar-refractivity contribution in [1.29, 1.82) is 0 Å². The molecule has 12 nitrogen and oxygen atoms in total. The lowest BCUT2D eigenvalue weighted by Crippen LogP contribution is -3.01. The Balaban J connectivity index is 3.51. The lowest BCUT2D eigenvalue weighted by molar-refractivity contribution is -0.996. The molecule has 2 atom stereocenters. The summed E-state index contributed by atoms with van der Waals surface area (Å²) >= 11 is 0. The lowest BCUT2D eigenvalue weighted by Gasteiger charge is -2.20. The Morgan fingerprint density at radius 3 is 1.59 bits per heavy atom. The molecule has 0 amide bonds. The van der Waals surface area contributed by atoms with E-state index in [1.807, 2.05) is 0 Å². The normalized spacial score (nSPS) is 13.7. The summed E-state index contributed by atoms with van der Waals surface area (Å²) in [5, 5.41) is 37.7. The Labute approximate surface area is 123 Å². The molecule has 12 heteroatoms. The van der Waals surface area contributed by atoms with Gasteiger partial charge in [-0.15, -0.1) is 0 Å². The van der Waals surface area contributed by atoms with Crippen LogP contribution >= 0.6 is 0 Å². The minimum atomic E-state index is -1.48. The largest absolute Gasteiger partial charge is 0.595 e. The van der Waals surface area contributed by atoms with Crippen LogP contribution in [-0.4, -0.2) is 35.1 Å². The highest BCUT2D eigenvalue weighted by molar-refractivity contribution is 6.06. The van der Waals surface area contributed by atoms with Crippen molar-refractivity contribution in [1.82, 2.24) is 0 Å². The van der Waals surface area contributed by atoms with Crippen molar-refractivity contribution in [2.24, 2.45) is 11.7 Å². The van der Waals surface area contributed by atoms with Crippen LogP contribution in [0.15, 0.2) is 12.1 Å². The standard InChI is InChI=1S/C10H16N6O6/c11-13-3-9(17)5-1-6(10(18)4-14-12)8(16(21)22)2-7(5)15(19)20/h1-2,13-16,19,21H,3-4,11-12H2/p+2. The van der Waals surface area contributed by atoms with Gasteiger partial charge in [0.25, 0.3) is 0 Å². The summed E-state index contributed by atoms with van der Waals surface area (Å²) in [4.78, 5) is 23.8. The Kier molecular flexibility index (Phi) is 6.60. The molecule has 0 spiro atoms. The first kappa shape index (κ1) is 18.2. The number of carbonyl (C=O) groups is 2. The molecule has 2 unspecified atom stereocenters. The molecule has 1 aromatic rings. The smallest absolute Gasteiger partial charge is 0.224 e. The number of ketones is 2. The van der Waals surface area contributed by atoms with Gasteiger partial charge in [0, 0.05) is 0 Å². The number of rotatable bonds is 8. The van der Waals surface area contributed by atoms with Crippen molar-refractivity contribution < 1.29 is 41.3 Å². The SMILES string of the molecule is N[NH2+]CC(=O)c1cc(C(=O)C[NH2+]N)c([NH+]([O-])O)cc1[NH+]([O-])O. The predicted octanol–water partition coefficient (Wildman–Crippen LogP) is -6.27. The molecule has 0 aliphatic carbocycles. The van der Waals surface area contributed by atoms with Crippen LogP contribution < -0.4 is 33.0 Å². The van der Waals surface area contributed by atoms with Gasteiger partial charge in [0.2, 0.25) is 11.6 Å². The minimum Gasteiger partial charge on any atom is -0.595 e. The van der Waals surface area contributed by atoms with Crippen molar-refractivity contribution in [3.63, 3.8) is 0 Å². The Morgan fingerprint density at radius 1 is 0.955 bits per heavy atom. The van der Waals surface area contributed by atoms with Gasteiger partial charge in [0.05, 0.1) is 17.2 Å². The Morgan fingerprint density at radius 2 is 1.32 bits per heavy atom. The number of nitrogens with one attached hydrogen (secondary N) is 2. The second-order valence-electron chi connectivity index (χ2n) is 4.28. The molecule has 0 saturated carbocycles. The molecule has 0 bridgehead atoms. The molecule has 0 fully saturated rings. The first-order valence-corrected chi connectivity index (χ1v) is 6.11. The number of nitrogens with two attached hydrogens (primary N) is 4. The molecule has 1 aromatic carbocycles. The van der Waals surface area contributed by atoms with E-state index in [0.29, 0.717) is 0 Å². The van der Waals surface area contributed by atoms with Crippen molar-refractivity contribution in [3.05, 3.63) is 33.7 Å². The van der Waals surface area contributed by atoms with Crippen LogP contribution in [0.4, 0.5) is 11.4 Å². The van der Waals surface area contributed by atoms with Crippen LogP contribution in [-0.2, 0) is 0 Å². The second kappa shape index (κ2) is 7.97. The monoisotopic (exact) mass is 318 g/mol. The van der Waals surface area contributed by atoms with Gasteiger partial charge in [0.1, 0.15) is 0 Å². The molecule has 0 radical (unpaired) electrons. The second-order valence-corrected chi connectivity index (χ2v) is 4.28. The van der Waals surface area contributed by atoms with E-state index in [2.05, 4.69) is 0 Å². The van der Waals surface area contributed by atoms with Gasteiger partial charge in [0.15, 0.2) is 24.5 Å². The van der Waals surface area contributed by atoms with Crippen LogP contribution in [0.1, 0.15) is 20.7 Å². The van der Waals surface area contributed by atoms with Gasteiger partial charge in [-0.2, -0.15) is 22.1 Å². The molecule has 0 aliphatic rings. The summed E-state index contributed by atoms with van der Waals surface area (Å²) in [6.07, 6.45) is 0. The van der Waals surface area contributed by atoms with E-state index in [1.54, 1.807) is 0 Å². The molecule has 0 aliphatic heterocycles. The molecule has 12 N–H and O–H groups in total. The van der Waals surface area contributed by atoms with E-state index in [-0.39, 0.29) is 24.2 Å². The summed E-state index contributed by atoms with van der Waals surface area (Å²) in [6.45, 7) is -0.493. The molecule has 22 heavy (non-hydrogen) atoms. The summed E-state index contributed by atoms with van der Waals surface area (Å²) in [6, 6.07) is 1.75. The van der Waals surface area contributed by atoms with Crippen LogP contribution in [0.5, 0.6) is 0 Å². The van der Waals surface area contributed by atoms with E-state index in [9.17, 15) is 20.0 Å². The first-order chi connectivity index (χ1) is 10.3. The van der Waals surface area contributed by atoms with Gasteiger partial charge in [-0.05, 0) is 6.07 Å². The fourth-order valence-corrected chi connectivity index (χ4v) is 1.85. The van der Waals surface area contributed by atoms with E-state index >= 15 is 0 Å². The quantitative estimate of drug-likeness (QED) is 0.131. The van der Waals surface area contributed by atoms with Crippen LogP contribution in [0.25, 0.3) is 0 Å². The fraction of sp³-hybridized carbons (Fsp3) is 0.200. The number of benzene rings is 1. The molecule has 0 aromatic heterocycles. The summed E-state index contributed by atoms with van der Waals surface area (Å²) in [7, 11) is 0. The van der Waals surface area contributed by atoms with Gasteiger partial charge >= 0.3 is 0 Å². The average molecular weight is 318 g/mol. The number of Topliss-reactive ketones (excluding diaryl/α,β-unsaturated/α-hetero) is 2. The zero-order chi connectivity index (χ0) is 16.9. The highest BCUT2D eigenvalue weighted by Crippen LogP contribution is 2.21. The molecule has 0 saturated heterocycles. The molecular formula is C10H18N6O6+2. The summed E-state index contributed by atoms with van der Waals surface area (Å²) in [5.74, 6) is 9.01. The van der Waals surface area contributed by atoms with Crippen LogP contribution in [0, 0.1) is 10.4 Å². The molecule has 0 heterocycles. The van der Waals surface area contributed by atoms with Gasteiger partial charge in [-0.3, -0.25) is 20.4 Å². The molecule has 122 valence electrons. The maximum atomic E-state index is 11.9. The van der Waals surface area contributed by atoms with E-state index in [1.165, 1.54) is 0 Å². The third kappa shape index (κ3) is 4.09. The van der Waals surface area contributed by atoms with Crippen molar-refractivity contribution in [3.8, 4) is 0 Å². The maximum absolute atomic E-state index is 11.9. The number of hydrogen-bond donors (Lipinski definition) is 8. The Bertz CT molecular complexity index is 518. The average Bonchev–Trinajstić information content (AvgIpc) is 2.46. The zero-order valence-corrected chi connectivity index (χ0v) is 11.4. The maximum Gasteiger partial charge on any atom is 0.224 e. The third-order valence-corrected chi connectivity index (χ3v) is 2.83. The van der Waals surface area contributed by atoms with Gasteiger partial charge in [-0.25, -0.2) is 10.4 Å². The van der Waals surface area contributed by atoms with Crippen molar-refractivity contribution in [2.45, 2.75) is 0 Å². The summed E-state index contributed by atoms with van der Waals surface area (Å²) < 4.78 is 0. The summed E-state index contributed by atoms with van der Waals surface area (Å²) in [5.41, 5.74) is 0.511. The topological polar surface area (TPSA) is 215 Å². The minimum absolute atomic E-state index is 0.247.